The van der Waals surface area contributed by atoms with Gasteiger partial charge in [0.05, 0.1) is 4.90 Å². The van der Waals surface area contributed by atoms with Gasteiger partial charge in [-0.15, -0.1) is 0 Å². The lowest BCUT2D eigenvalue weighted by Gasteiger charge is -2.20. The van der Waals surface area contributed by atoms with Crippen molar-refractivity contribution >= 4 is 20.8 Å². The molecule has 0 fully saturated rings. The zero-order valence-electron chi connectivity index (χ0n) is 14.3. The molecule has 0 amide bonds. The first-order valence-corrected chi connectivity index (χ1v) is 9.92. The van der Waals surface area contributed by atoms with Gasteiger partial charge in [0.2, 0.25) is 10.0 Å². The van der Waals surface area contributed by atoms with Crippen molar-refractivity contribution in [1.29, 1.82) is 0 Å². The van der Waals surface area contributed by atoms with E-state index < -0.39 is 10.0 Å². The molecule has 1 N–H and O–H groups in total. The van der Waals surface area contributed by atoms with Gasteiger partial charge < -0.3 is 9.47 Å². The molecular weight excluding hydrogens is 350 g/mol. The monoisotopic (exact) mass is 369 g/mol. The Bertz CT molecular complexity index is 1060. The molecule has 0 bridgehead atoms. The molecule has 3 aromatic carbocycles. The Balaban J connectivity index is 1.60. The number of benzene rings is 3. The lowest BCUT2D eigenvalue weighted by Crippen LogP contribution is -2.27. The normalized spacial score (nSPS) is 15.0. The van der Waals surface area contributed by atoms with Crippen LogP contribution in [-0.4, -0.2) is 21.6 Å². The molecule has 1 atom stereocenters. The summed E-state index contributed by atoms with van der Waals surface area (Å²) in [4.78, 5) is 0.161. The Labute approximate surface area is 152 Å². The van der Waals surface area contributed by atoms with Crippen LogP contribution in [0.15, 0.2) is 65.6 Å². The highest BCUT2D eigenvalue weighted by Gasteiger charge is 2.22. The molecule has 1 heterocycles. The van der Waals surface area contributed by atoms with Crippen LogP contribution in [0.2, 0.25) is 0 Å². The van der Waals surface area contributed by atoms with Crippen LogP contribution in [-0.2, 0) is 10.0 Å². The Morgan fingerprint density at radius 1 is 0.885 bits per heavy atom. The van der Waals surface area contributed by atoms with Gasteiger partial charge in [-0.2, -0.15) is 0 Å². The van der Waals surface area contributed by atoms with Crippen LogP contribution in [0.1, 0.15) is 18.5 Å². The Hall–Kier alpha value is -2.57. The van der Waals surface area contributed by atoms with E-state index in [1.807, 2.05) is 49.4 Å². The minimum absolute atomic E-state index is 0.161. The van der Waals surface area contributed by atoms with E-state index in [0.29, 0.717) is 24.7 Å². The van der Waals surface area contributed by atoms with Gasteiger partial charge in [-0.1, -0.05) is 36.4 Å². The Morgan fingerprint density at radius 3 is 2.42 bits per heavy atom. The van der Waals surface area contributed by atoms with Crippen molar-refractivity contribution in [2.24, 2.45) is 0 Å². The van der Waals surface area contributed by atoms with Crippen molar-refractivity contribution in [1.82, 2.24) is 4.72 Å². The summed E-state index contributed by atoms with van der Waals surface area (Å²) in [5.74, 6) is 1.02. The summed E-state index contributed by atoms with van der Waals surface area (Å²) in [7, 11) is -3.68. The first-order valence-electron chi connectivity index (χ1n) is 8.44. The predicted octanol–water partition coefficient (Wildman–Crippen LogP) is 3.65. The maximum absolute atomic E-state index is 12.8. The second kappa shape index (κ2) is 6.63. The fourth-order valence-corrected chi connectivity index (χ4v) is 4.28. The van der Waals surface area contributed by atoms with Crippen LogP contribution in [0, 0.1) is 0 Å². The maximum atomic E-state index is 12.8. The summed E-state index contributed by atoms with van der Waals surface area (Å²) in [5, 5.41) is 2.20. The average molecular weight is 369 g/mol. The van der Waals surface area contributed by atoms with E-state index in [-0.39, 0.29) is 10.9 Å². The molecule has 0 radical (unpaired) electrons. The van der Waals surface area contributed by atoms with Crippen molar-refractivity contribution in [3.05, 3.63) is 66.2 Å². The average Bonchev–Trinajstić information content (AvgIpc) is 2.67. The van der Waals surface area contributed by atoms with E-state index in [1.165, 1.54) is 12.1 Å². The van der Waals surface area contributed by atoms with E-state index >= 15 is 0 Å². The number of sulfonamides is 1. The van der Waals surface area contributed by atoms with Crippen molar-refractivity contribution in [3.8, 4) is 11.5 Å². The lowest BCUT2D eigenvalue weighted by molar-refractivity contribution is 0.171. The van der Waals surface area contributed by atoms with Gasteiger partial charge in [0, 0.05) is 12.1 Å². The highest BCUT2D eigenvalue weighted by atomic mass is 32.2. The Kier molecular flexibility index (Phi) is 4.30. The van der Waals surface area contributed by atoms with E-state index in [0.717, 1.165) is 16.3 Å². The summed E-state index contributed by atoms with van der Waals surface area (Å²) in [6.45, 7) is 2.72. The van der Waals surface area contributed by atoms with Crippen LogP contribution in [0.25, 0.3) is 10.8 Å². The molecule has 0 aromatic heterocycles. The second-order valence-corrected chi connectivity index (χ2v) is 7.97. The molecule has 0 aliphatic carbocycles. The number of fused-ring (bicyclic) bond motifs is 2. The van der Waals surface area contributed by atoms with Crippen molar-refractivity contribution in [3.63, 3.8) is 0 Å². The first kappa shape index (κ1) is 16.9. The van der Waals surface area contributed by atoms with Crippen LogP contribution in [0.4, 0.5) is 0 Å². The van der Waals surface area contributed by atoms with Gasteiger partial charge in [-0.25, -0.2) is 13.1 Å². The van der Waals surface area contributed by atoms with Crippen LogP contribution >= 0.6 is 0 Å². The highest BCUT2D eigenvalue weighted by molar-refractivity contribution is 7.89. The number of hydrogen-bond acceptors (Lipinski definition) is 4. The molecule has 1 aliphatic rings. The summed E-state index contributed by atoms with van der Waals surface area (Å²) in [6.07, 6.45) is 0. The molecular formula is C20H19NO4S. The lowest BCUT2D eigenvalue weighted by atomic mass is 10.0. The predicted molar refractivity (Wildman–Crippen MR) is 100 cm³/mol. The van der Waals surface area contributed by atoms with Crippen LogP contribution < -0.4 is 14.2 Å². The van der Waals surface area contributed by atoms with E-state index in [9.17, 15) is 8.42 Å². The third-order valence-electron chi connectivity index (χ3n) is 4.43. The molecule has 1 aliphatic heterocycles. The molecule has 1 unspecified atom stereocenters. The Morgan fingerprint density at radius 2 is 1.62 bits per heavy atom. The van der Waals surface area contributed by atoms with Crippen LogP contribution in [0.3, 0.4) is 0 Å². The van der Waals surface area contributed by atoms with E-state index in [2.05, 4.69) is 4.72 Å². The fourth-order valence-electron chi connectivity index (χ4n) is 3.04. The van der Waals surface area contributed by atoms with Gasteiger partial charge >= 0.3 is 0 Å². The van der Waals surface area contributed by atoms with Gasteiger partial charge in [-0.05, 0) is 41.5 Å². The van der Waals surface area contributed by atoms with Crippen molar-refractivity contribution in [2.45, 2.75) is 17.9 Å². The smallest absolute Gasteiger partial charge is 0.241 e. The molecule has 0 saturated heterocycles. The zero-order chi connectivity index (χ0) is 18.1. The van der Waals surface area contributed by atoms with Crippen LogP contribution in [0.5, 0.6) is 11.5 Å². The first-order chi connectivity index (χ1) is 12.5. The summed E-state index contributed by atoms with van der Waals surface area (Å²) in [6, 6.07) is 18.2. The molecule has 3 aromatic rings. The van der Waals surface area contributed by atoms with Crippen molar-refractivity contribution in [2.75, 3.05) is 13.2 Å². The fraction of sp³-hybridized carbons (Fsp3) is 0.200. The standard InChI is InChI=1S/C20H19NO4S/c1-14(16-7-6-15-4-2-3-5-17(15)12-16)21-26(22,23)18-8-9-19-20(13-18)25-11-10-24-19/h2-9,12-14,21H,10-11H2,1H3. The highest BCUT2D eigenvalue weighted by Crippen LogP contribution is 2.32. The summed E-state index contributed by atoms with van der Waals surface area (Å²) >= 11 is 0. The van der Waals surface area contributed by atoms with Gasteiger partial charge in [0.15, 0.2) is 11.5 Å². The topological polar surface area (TPSA) is 64.6 Å². The second-order valence-electron chi connectivity index (χ2n) is 6.26. The molecule has 134 valence electrons. The summed E-state index contributed by atoms with van der Waals surface area (Å²) < 4.78 is 39.2. The summed E-state index contributed by atoms with van der Waals surface area (Å²) in [5.41, 5.74) is 0.907. The number of hydrogen-bond donors (Lipinski definition) is 1. The van der Waals surface area contributed by atoms with E-state index in [1.54, 1.807) is 6.07 Å². The van der Waals surface area contributed by atoms with Gasteiger partial charge in [0.25, 0.3) is 0 Å². The number of nitrogens with one attached hydrogen (secondary N) is 1. The number of rotatable bonds is 4. The largest absolute Gasteiger partial charge is 0.486 e. The third-order valence-corrected chi connectivity index (χ3v) is 5.97. The SMILES string of the molecule is CC(NS(=O)(=O)c1ccc2c(c1)OCCO2)c1ccc2ccccc2c1. The molecule has 6 heteroatoms. The zero-order valence-corrected chi connectivity index (χ0v) is 15.1. The van der Waals surface area contributed by atoms with Crippen molar-refractivity contribution < 1.29 is 17.9 Å². The molecule has 0 saturated carbocycles. The van der Waals surface area contributed by atoms with Gasteiger partial charge in [0.1, 0.15) is 13.2 Å². The van der Waals surface area contributed by atoms with Gasteiger partial charge in [-0.3, -0.25) is 0 Å². The molecule has 26 heavy (non-hydrogen) atoms. The minimum Gasteiger partial charge on any atom is -0.486 e. The molecule has 4 rings (SSSR count). The number of ether oxygens (including phenoxy) is 2. The molecule has 5 nitrogen and oxygen atoms in total. The minimum atomic E-state index is -3.68. The quantitative estimate of drug-likeness (QED) is 0.762. The third kappa shape index (κ3) is 3.25. The molecule has 0 spiro atoms. The maximum Gasteiger partial charge on any atom is 0.241 e. The van der Waals surface area contributed by atoms with E-state index in [4.69, 9.17) is 9.47 Å².